The highest BCUT2D eigenvalue weighted by molar-refractivity contribution is 7.99. The summed E-state index contributed by atoms with van der Waals surface area (Å²) >= 11 is 2.00. The van der Waals surface area contributed by atoms with Gasteiger partial charge in [-0.3, -0.25) is 0 Å². The van der Waals surface area contributed by atoms with E-state index in [0.717, 1.165) is 35.1 Å². The molecule has 4 heteroatoms. The van der Waals surface area contributed by atoms with Crippen LogP contribution in [0.4, 0.5) is 5.82 Å². The minimum absolute atomic E-state index is 0.0895. The number of aliphatic hydroxyl groups excluding tert-OH is 1. The Bertz CT molecular complexity index is 409. The predicted octanol–water partition coefficient (Wildman–Crippen LogP) is 2.64. The Kier molecular flexibility index (Phi) is 4.51. The molecule has 18 heavy (non-hydrogen) atoms. The Balaban J connectivity index is 2.33. The van der Waals surface area contributed by atoms with Crippen molar-refractivity contribution in [1.82, 2.24) is 4.98 Å². The van der Waals surface area contributed by atoms with Crippen molar-refractivity contribution in [2.24, 2.45) is 0 Å². The molecule has 0 saturated carbocycles. The summed E-state index contributed by atoms with van der Waals surface area (Å²) in [5.74, 6) is 3.73. The molecule has 0 radical (unpaired) electrons. The first-order valence-electron chi connectivity index (χ1n) is 6.58. The lowest BCUT2D eigenvalue weighted by Crippen LogP contribution is -2.41. The van der Waals surface area contributed by atoms with Crippen LogP contribution in [0, 0.1) is 0 Å². The molecule has 1 unspecified atom stereocenters. The zero-order valence-corrected chi connectivity index (χ0v) is 12.2. The van der Waals surface area contributed by atoms with Gasteiger partial charge in [0.2, 0.25) is 0 Å². The maximum absolute atomic E-state index is 9.38. The van der Waals surface area contributed by atoms with Crippen molar-refractivity contribution >= 4 is 17.6 Å². The van der Waals surface area contributed by atoms with E-state index in [-0.39, 0.29) is 6.61 Å². The van der Waals surface area contributed by atoms with Crippen LogP contribution in [0.3, 0.4) is 0 Å². The van der Waals surface area contributed by atoms with Gasteiger partial charge >= 0.3 is 0 Å². The molecule has 2 heterocycles. The van der Waals surface area contributed by atoms with E-state index in [1.54, 1.807) is 0 Å². The lowest BCUT2D eigenvalue weighted by atomic mass is 10.1. The third kappa shape index (κ3) is 2.98. The summed E-state index contributed by atoms with van der Waals surface area (Å²) in [5.41, 5.74) is 2.04. The molecule has 0 aromatic carbocycles. The minimum atomic E-state index is 0.0895. The van der Waals surface area contributed by atoms with Gasteiger partial charge in [-0.25, -0.2) is 4.98 Å². The van der Waals surface area contributed by atoms with Crippen LogP contribution >= 0.6 is 11.8 Å². The molecule has 1 fully saturated rings. The zero-order valence-electron chi connectivity index (χ0n) is 11.4. The average molecular weight is 266 g/mol. The fraction of sp³-hybridized carbons (Fsp3) is 0.643. The summed E-state index contributed by atoms with van der Waals surface area (Å²) in [6.45, 7) is 7.66. The van der Waals surface area contributed by atoms with Crippen LogP contribution in [0.1, 0.15) is 37.9 Å². The van der Waals surface area contributed by atoms with E-state index in [1.807, 2.05) is 23.9 Å². The molecule has 1 aromatic rings. The maximum atomic E-state index is 9.38. The van der Waals surface area contributed by atoms with Crippen LogP contribution in [0.25, 0.3) is 0 Å². The molecule has 1 aliphatic rings. The van der Waals surface area contributed by atoms with Gasteiger partial charge in [-0.2, -0.15) is 11.8 Å². The molecule has 1 aliphatic heterocycles. The summed E-state index contributed by atoms with van der Waals surface area (Å²) in [4.78, 5) is 7.12. The molecular formula is C14H22N2OS. The van der Waals surface area contributed by atoms with Crippen molar-refractivity contribution in [3.05, 3.63) is 23.4 Å². The Morgan fingerprint density at radius 3 is 2.89 bits per heavy atom. The van der Waals surface area contributed by atoms with Crippen LogP contribution in [0.15, 0.2) is 12.1 Å². The van der Waals surface area contributed by atoms with Gasteiger partial charge in [0.1, 0.15) is 5.82 Å². The summed E-state index contributed by atoms with van der Waals surface area (Å²) in [6.07, 6.45) is 0. The van der Waals surface area contributed by atoms with Crippen LogP contribution in [0.2, 0.25) is 0 Å². The summed E-state index contributed by atoms with van der Waals surface area (Å²) < 4.78 is 0. The van der Waals surface area contributed by atoms with Gasteiger partial charge in [0.25, 0.3) is 0 Å². The molecule has 0 amide bonds. The number of aromatic nitrogens is 1. The third-order valence-electron chi connectivity index (χ3n) is 3.33. The predicted molar refractivity (Wildman–Crippen MR) is 78.4 cm³/mol. The van der Waals surface area contributed by atoms with E-state index in [0.29, 0.717) is 12.0 Å². The second kappa shape index (κ2) is 5.93. The highest BCUT2D eigenvalue weighted by Gasteiger charge is 2.21. The summed E-state index contributed by atoms with van der Waals surface area (Å²) in [5, 5.41) is 9.38. The van der Waals surface area contributed by atoms with Crippen LogP contribution in [-0.4, -0.2) is 34.2 Å². The lowest BCUT2D eigenvalue weighted by Gasteiger charge is -2.34. The van der Waals surface area contributed by atoms with E-state index in [2.05, 4.69) is 25.7 Å². The lowest BCUT2D eigenvalue weighted by molar-refractivity contribution is 0.281. The van der Waals surface area contributed by atoms with Gasteiger partial charge in [-0.05, 0) is 30.5 Å². The molecule has 1 saturated heterocycles. The van der Waals surface area contributed by atoms with Crippen molar-refractivity contribution in [2.75, 3.05) is 23.0 Å². The summed E-state index contributed by atoms with van der Waals surface area (Å²) in [6, 6.07) is 4.56. The standard InChI is InChI=1S/C14H22N2OS/c1-10(2)13-6-12(8-17)7-14(15-13)16-4-5-18-9-11(16)3/h6-7,10-11,17H,4-5,8-9H2,1-3H3. The molecule has 1 N–H and O–H groups in total. The van der Waals surface area contributed by atoms with Gasteiger partial charge in [0.05, 0.1) is 6.61 Å². The SMILES string of the molecule is CC(C)c1cc(CO)cc(N2CCSCC2C)n1. The van der Waals surface area contributed by atoms with Gasteiger partial charge < -0.3 is 10.0 Å². The van der Waals surface area contributed by atoms with Crippen molar-refractivity contribution in [2.45, 2.75) is 39.3 Å². The average Bonchev–Trinajstić information content (AvgIpc) is 2.38. The molecule has 2 rings (SSSR count). The summed E-state index contributed by atoms with van der Waals surface area (Å²) in [7, 11) is 0. The van der Waals surface area contributed by atoms with Crippen molar-refractivity contribution in [3.63, 3.8) is 0 Å². The Hall–Kier alpha value is -0.740. The monoisotopic (exact) mass is 266 g/mol. The third-order valence-corrected chi connectivity index (χ3v) is 4.52. The molecule has 0 spiro atoms. The Labute approximate surface area is 114 Å². The molecule has 1 aromatic heterocycles. The molecule has 0 bridgehead atoms. The number of hydrogen-bond donors (Lipinski definition) is 1. The van der Waals surface area contributed by atoms with Crippen molar-refractivity contribution in [3.8, 4) is 0 Å². The normalized spacial score (nSPS) is 20.5. The van der Waals surface area contributed by atoms with E-state index in [1.165, 1.54) is 0 Å². The topological polar surface area (TPSA) is 36.4 Å². The maximum Gasteiger partial charge on any atom is 0.129 e. The highest BCUT2D eigenvalue weighted by atomic mass is 32.2. The van der Waals surface area contributed by atoms with Crippen LogP contribution in [-0.2, 0) is 6.61 Å². The number of pyridine rings is 1. The number of aliphatic hydroxyl groups is 1. The molecule has 0 aliphatic carbocycles. The first-order chi connectivity index (χ1) is 8.61. The first kappa shape index (κ1) is 13.7. The van der Waals surface area contributed by atoms with E-state index < -0.39 is 0 Å². The number of thioether (sulfide) groups is 1. The second-order valence-electron chi connectivity index (χ2n) is 5.19. The van der Waals surface area contributed by atoms with E-state index in [4.69, 9.17) is 4.98 Å². The number of hydrogen-bond acceptors (Lipinski definition) is 4. The molecule has 1 atom stereocenters. The highest BCUT2D eigenvalue weighted by Crippen LogP contribution is 2.25. The largest absolute Gasteiger partial charge is 0.392 e. The quantitative estimate of drug-likeness (QED) is 0.912. The first-order valence-corrected chi connectivity index (χ1v) is 7.73. The van der Waals surface area contributed by atoms with Crippen LogP contribution < -0.4 is 4.90 Å². The van der Waals surface area contributed by atoms with Gasteiger partial charge in [0, 0.05) is 29.8 Å². The number of nitrogens with zero attached hydrogens (tertiary/aromatic N) is 2. The fourth-order valence-corrected chi connectivity index (χ4v) is 3.21. The fourth-order valence-electron chi connectivity index (χ4n) is 2.20. The smallest absolute Gasteiger partial charge is 0.129 e. The Morgan fingerprint density at radius 2 is 2.28 bits per heavy atom. The molecular weight excluding hydrogens is 244 g/mol. The minimum Gasteiger partial charge on any atom is -0.392 e. The Morgan fingerprint density at radius 1 is 1.50 bits per heavy atom. The van der Waals surface area contributed by atoms with Gasteiger partial charge in [-0.1, -0.05) is 13.8 Å². The second-order valence-corrected chi connectivity index (χ2v) is 6.34. The number of rotatable bonds is 3. The van der Waals surface area contributed by atoms with Crippen molar-refractivity contribution in [1.29, 1.82) is 0 Å². The van der Waals surface area contributed by atoms with Crippen LogP contribution in [0.5, 0.6) is 0 Å². The number of anilines is 1. The van der Waals surface area contributed by atoms with E-state index >= 15 is 0 Å². The molecule has 3 nitrogen and oxygen atoms in total. The zero-order chi connectivity index (χ0) is 13.1. The molecule has 100 valence electrons. The van der Waals surface area contributed by atoms with Crippen molar-refractivity contribution < 1.29 is 5.11 Å². The van der Waals surface area contributed by atoms with E-state index in [9.17, 15) is 5.11 Å². The van der Waals surface area contributed by atoms with Gasteiger partial charge in [-0.15, -0.1) is 0 Å². The van der Waals surface area contributed by atoms with Gasteiger partial charge in [0.15, 0.2) is 0 Å².